The molecule has 0 fully saturated rings. The third kappa shape index (κ3) is 3.54. The van der Waals surface area contributed by atoms with Crippen LogP contribution in [-0.2, 0) is 24.1 Å². The Hall–Kier alpha value is -2.90. The molecule has 0 aliphatic carbocycles. The van der Waals surface area contributed by atoms with Crippen LogP contribution in [0.15, 0.2) is 12.4 Å². The minimum Gasteiger partial charge on any atom is -0.453 e. The third-order valence-electron chi connectivity index (χ3n) is 4.76. The summed E-state index contributed by atoms with van der Waals surface area (Å²) in [6, 6.07) is 0. The second-order valence-electron chi connectivity index (χ2n) is 6.38. The number of nitrogens with zero attached hydrogens (tertiary/aromatic N) is 3. The molecule has 26 heavy (non-hydrogen) atoms. The summed E-state index contributed by atoms with van der Waals surface area (Å²) in [5, 5.41) is 10.1. The molecular weight excluding hydrogens is 334 g/mol. The Morgan fingerprint density at radius 2 is 2.15 bits per heavy atom. The summed E-state index contributed by atoms with van der Waals surface area (Å²) in [5.74, 6) is -0.139. The van der Waals surface area contributed by atoms with Gasteiger partial charge < -0.3 is 15.0 Å². The highest BCUT2D eigenvalue weighted by molar-refractivity contribution is 5.95. The summed E-state index contributed by atoms with van der Waals surface area (Å²) >= 11 is 0. The van der Waals surface area contributed by atoms with Gasteiger partial charge >= 0.3 is 6.09 Å². The number of ether oxygens (including phenoxy) is 1. The number of aromatic nitrogens is 3. The van der Waals surface area contributed by atoms with E-state index in [2.05, 4.69) is 20.5 Å². The lowest BCUT2D eigenvalue weighted by Gasteiger charge is -2.28. The van der Waals surface area contributed by atoms with Crippen molar-refractivity contribution in [2.75, 3.05) is 20.2 Å². The van der Waals surface area contributed by atoms with Crippen molar-refractivity contribution in [1.29, 1.82) is 0 Å². The highest BCUT2D eigenvalue weighted by atomic mass is 16.5. The van der Waals surface area contributed by atoms with Gasteiger partial charge in [0.1, 0.15) is 0 Å². The topological polar surface area (TPSA) is 100 Å². The van der Waals surface area contributed by atoms with Crippen LogP contribution in [-0.4, -0.2) is 52.3 Å². The summed E-state index contributed by atoms with van der Waals surface area (Å²) in [7, 11) is 1.36. The summed E-state index contributed by atoms with van der Waals surface area (Å²) in [6.07, 6.45) is 4.26. The van der Waals surface area contributed by atoms with Crippen LogP contribution in [0.3, 0.4) is 0 Å². The smallest absolute Gasteiger partial charge is 0.409 e. The minimum atomic E-state index is -0.364. The maximum atomic E-state index is 12.6. The number of hydrogen-bond acceptors (Lipinski definition) is 5. The Kier molecular flexibility index (Phi) is 5.20. The number of H-pyrrole nitrogens is 1. The number of aryl methyl sites for hydroxylation is 2. The molecule has 0 radical (unpaired) electrons. The molecule has 2 aromatic rings. The lowest BCUT2D eigenvalue weighted by Crippen LogP contribution is -2.37. The summed E-state index contributed by atoms with van der Waals surface area (Å²) in [6.45, 7) is 5.38. The molecule has 3 heterocycles. The molecule has 138 valence electrons. The summed E-state index contributed by atoms with van der Waals surface area (Å²) < 4.78 is 4.77. The first-order chi connectivity index (χ1) is 12.5. The van der Waals surface area contributed by atoms with Crippen molar-refractivity contribution < 1.29 is 14.3 Å². The number of hydrogen-bond donors (Lipinski definition) is 2. The molecule has 2 N–H and O–H groups in total. The predicted molar refractivity (Wildman–Crippen MR) is 94.9 cm³/mol. The van der Waals surface area contributed by atoms with E-state index in [0.717, 1.165) is 34.5 Å². The zero-order chi connectivity index (χ0) is 18.7. The van der Waals surface area contributed by atoms with E-state index >= 15 is 0 Å². The molecule has 8 nitrogen and oxygen atoms in total. The van der Waals surface area contributed by atoms with E-state index in [4.69, 9.17) is 4.74 Å². The number of amides is 2. The molecule has 0 unspecified atom stereocenters. The van der Waals surface area contributed by atoms with Crippen molar-refractivity contribution in [1.82, 2.24) is 25.4 Å². The van der Waals surface area contributed by atoms with Gasteiger partial charge in [0.25, 0.3) is 5.91 Å². The lowest BCUT2D eigenvalue weighted by atomic mass is 9.97. The molecule has 1 aliphatic heterocycles. The zero-order valence-electron chi connectivity index (χ0n) is 15.3. The Balaban J connectivity index is 1.66. The SMILES string of the molecule is COC(=O)N1CCc2c(cncc2C(=O)NCCc2c(C)n[nH]c2C)C1. The lowest BCUT2D eigenvalue weighted by molar-refractivity contribution is 0.0951. The molecule has 8 heteroatoms. The van der Waals surface area contributed by atoms with Gasteiger partial charge in [-0.3, -0.25) is 14.9 Å². The van der Waals surface area contributed by atoms with Gasteiger partial charge in [0.05, 0.1) is 24.9 Å². The van der Waals surface area contributed by atoms with E-state index in [9.17, 15) is 9.59 Å². The van der Waals surface area contributed by atoms with Crippen molar-refractivity contribution in [2.24, 2.45) is 0 Å². The van der Waals surface area contributed by atoms with Crippen molar-refractivity contribution >= 4 is 12.0 Å². The second kappa shape index (κ2) is 7.55. The Morgan fingerprint density at radius 1 is 1.35 bits per heavy atom. The van der Waals surface area contributed by atoms with E-state index in [1.165, 1.54) is 7.11 Å². The van der Waals surface area contributed by atoms with Crippen molar-refractivity contribution in [3.05, 3.63) is 46.0 Å². The van der Waals surface area contributed by atoms with Crippen molar-refractivity contribution in [2.45, 2.75) is 33.2 Å². The normalized spacial score (nSPS) is 13.3. The largest absolute Gasteiger partial charge is 0.453 e. The van der Waals surface area contributed by atoms with Crippen LogP contribution in [0.1, 0.15) is 38.4 Å². The Labute approximate surface area is 151 Å². The van der Waals surface area contributed by atoms with E-state index in [-0.39, 0.29) is 12.0 Å². The number of aromatic amines is 1. The third-order valence-corrected chi connectivity index (χ3v) is 4.76. The highest BCUT2D eigenvalue weighted by Gasteiger charge is 2.25. The second-order valence-corrected chi connectivity index (χ2v) is 6.38. The molecule has 0 saturated heterocycles. The number of carbonyl (C=O) groups is 2. The van der Waals surface area contributed by atoms with Crippen molar-refractivity contribution in [3.63, 3.8) is 0 Å². The minimum absolute atomic E-state index is 0.139. The van der Waals surface area contributed by atoms with Gasteiger partial charge in [-0.15, -0.1) is 0 Å². The molecule has 2 amide bonds. The molecule has 0 aromatic carbocycles. The fourth-order valence-electron chi connectivity index (χ4n) is 3.31. The molecular formula is C18H23N5O3. The van der Waals surface area contributed by atoms with E-state index in [1.54, 1.807) is 17.3 Å². The van der Waals surface area contributed by atoms with Gasteiger partial charge in [-0.05, 0) is 43.4 Å². The van der Waals surface area contributed by atoms with Crippen LogP contribution in [0, 0.1) is 13.8 Å². The zero-order valence-corrected chi connectivity index (χ0v) is 15.3. The fraction of sp³-hybridized carbons (Fsp3) is 0.444. The van der Waals surface area contributed by atoms with Crippen LogP contribution in [0.25, 0.3) is 0 Å². The number of carbonyl (C=O) groups excluding carboxylic acids is 2. The standard InChI is InChI=1S/C18H23N5O3/c1-11-14(12(2)22-21-11)4-6-20-17(24)16-9-19-8-13-10-23(18(25)26-3)7-5-15(13)16/h8-9H,4-7,10H2,1-3H3,(H,20,24)(H,21,22). The summed E-state index contributed by atoms with van der Waals surface area (Å²) in [4.78, 5) is 30.1. The van der Waals surface area contributed by atoms with Crippen LogP contribution >= 0.6 is 0 Å². The Morgan fingerprint density at radius 3 is 2.85 bits per heavy atom. The molecule has 2 aromatic heterocycles. The average molecular weight is 357 g/mol. The van der Waals surface area contributed by atoms with Crippen molar-refractivity contribution in [3.8, 4) is 0 Å². The van der Waals surface area contributed by atoms with E-state index < -0.39 is 0 Å². The predicted octanol–water partition coefficient (Wildman–Crippen LogP) is 1.52. The number of methoxy groups -OCH3 is 1. The Bertz CT molecular complexity index is 811. The van der Waals surface area contributed by atoms with Crippen LogP contribution in [0.2, 0.25) is 0 Å². The molecule has 3 rings (SSSR count). The van der Waals surface area contributed by atoms with E-state index in [0.29, 0.717) is 31.6 Å². The maximum Gasteiger partial charge on any atom is 0.409 e. The van der Waals surface area contributed by atoms with Gasteiger partial charge in [-0.2, -0.15) is 5.10 Å². The first kappa shape index (κ1) is 17.9. The van der Waals surface area contributed by atoms with E-state index in [1.807, 2.05) is 13.8 Å². The molecule has 0 saturated carbocycles. The van der Waals surface area contributed by atoms with Crippen LogP contribution in [0.4, 0.5) is 4.79 Å². The molecule has 1 aliphatic rings. The maximum absolute atomic E-state index is 12.6. The molecule has 0 atom stereocenters. The molecule has 0 bridgehead atoms. The van der Waals surface area contributed by atoms with Gasteiger partial charge in [0, 0.05) is 31.2 Å². The monoisotopic (exact) mass is 357 g/mol. The number of pyridine rings is 1. The average Bonchev–Trinajstić information content (AvgIpc) is 2.98. The first-order valence-corrected chi connectivity index (χ1v) is 8.58. The van der Waals surface area contributed by atoms with Crippen LogP contribution in [0.5, 0.6) is 0 Å². The van der Waals surface area contributed by atoms with Gasteiger partial charge in [0.2, 0.25) is 0 Å². The number of nitrogens with one attached hydrogen (secondary N) is 2. The molecule has 0 spiro atoms. The number of fused-ring (bicyclic) bond motifs is 1. The van der Waals surface area contributed by atoms with Gasteiger partial charge in [-0.25, -0.2) is 4.79 Å². The van der Waals surface area contributed by atoms with Crippen LogP contribution < -0.4 is 5.32 Å². The fourth-order valence-corrected chi connectivity index (χ4v) is 3.31. The number of rotatable bonds is 4. The first-order valence-electron chi connectivity index (χ1n) is 8.58. The van der Waals surface area contributed by atoms with Gasteiger partial charge in [-0.1, -0.05) is 0 Å². The summed E-state index contributed by atoms with van der Waals surface area (Å²) in [5.41, 5.74) is 5.53. The van der Waals surface area contributed by atoms with Gasteiger partial charge in [0.15, 0.2) is 0 Å². The quantitative estimate of drug-likeness (QED) is 0.864. The highest BCUT2D eigenvalue weighted by Crippen LogP contribution is 2.22.